The topological polar surface area (TPSA) is 106 Å². The van der Waals surface area contributed by atoms with E-state index in [0.29, 0.717) is 9.90 Å². The molecule has 2 aromatic rings. The fraction of sp³-hybridized carbons (Fsp3) is 0.294. The molecule has 2 rings (SSSR count). The largest absolute Gasteiger partial charge is 0.463 e. The van der Waals surface area contributed by atoms with E-state index in [0.717, 1.165) is 10.1 Å². The molecule has 0 bridgehead atoms. The second-order valence-electron chi connectivity index (χ2n) is 5.41. The molecule has 1 heterocycles. The van der Waals surface area contributed by atoms with Gasteiger partial charge < -0.3 is 14.8 Å². The van der Waals surface area contributed by atoms with Crippen LogP contribution in [0, 0.1) is 0 Å². The van der Waals surface area contributed by atoms with E-state index >= 15 is 0 Å². The quantitative estimate of drug-likeness (QED) is 0.260. The Hall–Kier alpha value is -2.27. The Morgan fingerprint density at radius 3 is 2.61 bits per heavy atom. The first kappa shape index (κ1) is 22.0. The molecule has 0 atom stereocenters. The maximum Gasteiger partial charge on any atom is 0.306 e. The average molecular weight is 444 g/mol. The van der Waals surface area contributed by atoms with E-state index in [9.17, 15) is 14.4 Å². The van der Waals surface area contributed by atoms with E-state index in [-0.39, 0.29) is 31.2 Å². The Balaban J connectivity index is 1.75. The van der Waals surface area contributed by atoms with E-state index in [4.69, 9.17) is 33.3 Å². The van der Waals surface area contributed by atoms with Gasteiger partial charge in [0.15, 0.2) is 5.11 Å². The van der Waals surface area contributed by atoms with E-state index in [1.54, 1.807) is 0 Å². The number of hydrogen-bond acceptors (Lipinski definition) is 7. The minimum absolute atomic E-state index is 0.0953. The van der Waals surface area contributed by atoms with Crippen LogP contribution in [0.15, 0.2) is 24.3 Å². The number of fused-ring (bicyclic) bond motifs is 1. The summed E-state index contributed by atoms with van der Waals surface area (Å²) in [5, 5.41) is 3.38. The molecule has 0 saturated heterocycles. The number of hydrogen-bond donors (Lipinski definition) is 3. The van der Waals surface area contributed by atoms with E-state index < -0.39 is 17.8 Å². The molecule has 3 N–H and O–H groups in total. The first-order chi connectivity index (χ1) is 13.4. The standard InChI is InChI=1S/C17H18ClN3O5S2/c1-25-8-9-26-13(23)7-6-12(22)19-17(27)21-20-16(24)15-14(18)10-4-2-3-5-11(10)28-15/h2-5H,6-9H2,1H3,(H,20,24)(H2,19,21,22,27). The van der Waals surface area contributed by atoms with Gasteiger partial charge in [0.1, 0.15) is 11.5 Å². The van der Waals surface area contributed by atoms with Crippen molar-refractivity contribution in [3.05, 3.63) is 34.2 Å². The highest BCUT2D eigenvalue weighted by Gasteiger charge is 2.17. The molecule has 1 aromatic carbocycles. The number of benzene rings is 1. The van der Waals surface area contributed by atoms with Crippen molar-refractivity contribution in [1.29, 1.82) is 0 Å². The molecule has 0 aliphatic heterocycles. The summed E-state index contributed by atoms with van der Waals surface area (Å²) in [6.45, 7) is 0.415. The highest BCUT2D eigenvalue weighted by atomic mass is 35.5. The molecule has 0 unspecified atom stereocenters. The van der Waals surface area contributed by atoms with Gasteiger partial charge in [0, 0.05) is 23.6 Å². The minimum atomic E-state index is -0.515. The number of rotatable bonds is 7. The molecule has 11 heteroatoms. The monoisotopic (exact) mass is 443 g/mol. The summed E-state index contributed by atoms with van der Waals surface area (Å²) in [4.78, 5) is 35.8. The fourth-order valence-electron chi connectivity index (χ4n) is 2.08. The van der Waals surface area contributed by atoms with Gasteiger partial charge in [-0.1, -0.05) is 29.8 Å². The Morgan fingerprint density at radius 1 is 1.14 bits per heavy atom. The smallest absolute Gasteiger partial charge is 0.306 e. The van der Waals surface area contributed by atoms with Crippen molar-refractivity contribution in [2.24, 2.45) is 0 Å². The van der Waals surface area contributed by atoms with E-state index in [2.05, 4.69) is 16.2 Å². The zero-order chi connectivity index (χ0) is 20.5. The van der Waals surface area contributed by atoms with Crippen molar-refractivity contribution in [3.63, 3.8) is 0 Å². The Kier molecular flexibility index (Phi) is 8.58. The summed E-state index contributed by atoms with van der Waals surface area (Å²) < 4.78 is 10.5. The van der Waals surface area contributed by atoms with Gasteiger partial charge in [-0.2, -0.15) is 0 Å². The fourth-order valence-corrected chi connectivity index (χ4v) is 3.65. The number of ether oxygens (including phenoxy) is 2. The third kappa shape index (κ3) is 6.41. The maximum absolute atomic E-state index is 12.3. The number of halogens is 1. The Morgan fingerprint density at radius 2 is 1.89 bits per heavy atom. The van der Waals surface area contributed by atoms with Gasteiger partial charge in [0.2, 0.25) is 5.91 Å². The number of hydrazine groups is 1. The highest BCUT2D eigenvalue weighted by Crippen LogP contribution is 2.34. The lowest BCUT2D eigenvalue weighted by Gasteiger charge is -2.10. The number of thiophene rings is 1. The number of methoxy groups -OCH3 is 1. The van der Waals surface area contributed by atoms with Crippen LogP contribution in [0.5, 0.6) is 0 Å². The van der Waals surface area contributed by atoms with Crippen molar-refractivity contribution in [3.8, 4) is 0 Å². The lowest BCUT2D eigenvalue weighted by Crippen LogP contribution is -2.48. The molecule has 0 radical (unpaired) electrons. The SMILES string of the molecule is COCCOC(=O)CCC(=O)NC(=S)NNC(=O)c1sc2ccccc2c1Cl. The molecular formula is C17H18ClN3O5S2. The number of thiocarbonyl (C=S) groups is 1. The molecule has 150 valence electrons. The second-order valence-corrected chi connectivity index (χ2v) is 7.25. The predicted octanol–water partition coefficient (Wildman–Crippen LogP) is 2.16. The first-order valence-electron chi connectivity index (χ1n) is 8.14. The normalized spacial score (nSPS) is 10.4. The second kappa shape index (κ2) is 10.9. The van der Waals surface area contributed by atoms with Gasteiger partial charge >= 0.3 is 5.97 Å². The summed E-state index contributed by atoms with van der Waals surface area (Å²) in [6.07, 6.45) is -0.203. The number of esters is 1. The van der Waals surface area contributed by atoms with Crippen LogP contribution >= 0.6 is 35.2 Å². The summed E-state index contributed by atoms with van der Waals surface area (Å²) in [7, 11) is 1.49. The summed E-state index contributed by atoms with van der Waals surface area (Å²) in [5.74, 6) is -1.49. The summed E-state index contributed by atoms with van der Waals surface area (Å²) in [5.41, 5.74) is 4.81. The van der Waals surface area contributed by atoms with Gasteiger partial charge in [-0.3, -0.25) is 25.2 Å². The maximum atomic E-state index is 12.3. The summed E-state index contributed by atoms with van der Waals surface area (Å²) in [6, 6.07) is 7.37. The van der Waals surface area contributed by atoms with Gasteiger partial charge in [0.05, 0.1) is 18.1 Å². The van der Waals surface area contributed by atoms with Crippen LogP contribution in [-0.2, 0) is 19.1 Å². The van der Waals surface area contributed by atoms with Crippen LogP contribution in [0.4, 0.5) is 0 Å². The molecule has 0 aliphatic carbocycles. The number of nitrogens with one attached hydrogen (secondary N) is 3. The van der Waals surface area contributed by atoms with Crippen LogP contribution in [-0.4, -0.2) is 43.2 Å². The molecule has 0 aliphatic rings. The molecule has 0 spiro atoms. The average Bonchev–Trinajstić information content (AvgIpc) is 3.02. The number of amides is 2. The van der Waals surface area contributed by atoms with Crippen LogP contribution in [0.3, 0.4) is 0 Å². The predicted molar refractivity (Wildman–Crippen MR) is 110 cm³/mol. The molecule has 8 nitrogen and oxygen atoms in total. The number of carbonyl (C=O) groups excluding carboxylic acids is 3. The first-order valence-corrected chi connectivity index (χ1v) is 9.74. The molecule has 0 saturated carbocycles. The van der Waals surface area contributed by atoms with Crippen molar-refractivity contribution < 1.29 is 23.9 Å². The molecule has 28 heavy (non-hydrogen) atoms. The third-order valence-corrected chi connectivity index (χ3v) is 5.27. The van der Waals surface area contributed by atoms with E-state index in [1.165, 1.54) is 18.4 Å². The molecular weight excluding hydrogens is 426 g/mol. The zero-order valence-corrected chi connectivity index (χ0v) is 17.3. The highest BCUT2D eigenvalue weighted by molar-refractivity contribution is 7.80. The summed E-state index contributed by atoms with van der Waals surface area (Å²) >= 11 is 12.4. The Labute approximate surface area is 175 Å². The van der Waals surface area contributed by atoms with Crippen LogP contribution in [0.2, 0.25) is 5.02 Å². The molecule has 2 amide bonds. The van der Waals surface area contributed by atoms with Crippen molar-refractivity contribution in [2.45, 2.75) is 12.8 Å². The van der Waals surface area contributed by atoms with E-state index in [1.807, 2.05) is 24.3 Å². The van der Waals surface area contributed by atoms with Gasteiger partial charge in [-0.05, 0) is 18.3 Å². The lowest BCUT2D eigenvalue weighted by molar-refractivity contribution is -0.146. The van der Waals surface area contributed by atoms with Crippen LogP contribution in [0.1, 0.15) is 22.5 Å². The van der Waals surface area contributed by atoms with Crippen molar-refractivity contribution >= 4 is 68.1 Å². The molecule has 1 aromatic heterocycles. The Bertz CT molecular complexity index is 887. The van der Waals surface area contributed by atoms with Crippen LogP contribution < -0.4 is 16.2 Å². The van der Waals surface area contributed by atoms with Crippen molar-refractivity contribution in [2.75, 3.05) is 20.3 Å². The van der Waals surface area contributed by atoms with Gasteiger partial charge in [-0.25, -0.2) is 0 Å². The zero-order valence-electron chi connectivity index (χ0n) is 14.9. The third-order valence-electron chi connectivity index (χ3n) is 3.39. The lowest BCUT2D eigenvalue weighted by atomic mass is 10.2. The van der Waals surface area contributed by atoms with Gasteiger partial charge in [-0.15, -0.1) is 11.3 Å². The van der Waals surface area contributed by atoms with Gasteiger partial charge in [0.25, 0.3) is 5.91 Å². The van der Waals surface area contributed by atoms with Crippen LogP contribution in [0.25, 0.3) is 10.1 Å². The van der Waals surface area contributed by atoms with Crippen molar-refractivity contribution in [1.82, 2.24) is 16.2 Å². The number of carbonyl (C=O) groups is 3. The molecule has 0 fully saturated rings. The minimum Gasteiger partial charge on any atom is -0.463 e.